The summed E-state index contributed by atoms with van der Waals surface area (Å²) in [4.78, 5) is 13.2. The van der Waals surface area contributed by atoms with Crippen LogP contribution in [-0.4, -0.2) is 33.6 Å². The second-order valence-electron chi connectivity index (χ2n) is 7.73. The van der Waals surface area contributed by atoms with Crippen molar-refractivity contribution in [1.29, 1.82) is 0 Å². The highest BCUT2D eigenvalue weighted by Crippen LogP contribution is 2.38. The summed E-state index contributed by atoms with van der Waals surface area (Å²) in [5.74, 6) is 0.725. The van der Waals surface area contributed by atoms with Gasteiger partial charge in [-0.15, -0.1) is 0 Å². The molecule has 0 aliphatic carbocycles. The Morgan fingerprint density at radius 1 is 1.09 bits per heavy atom. The van der Waals surface area contributed by atoms with Crippen molar-refractivity contribution in [1.82, 2.24) is 0 Å². The number of nitrogens with zero attached hydrogens (tertiary/aromatic N) is 1. The third-order valence-electron chi connectivity index (χ3n) is 5.23. The second-order valence-corrected chi connectivity index (χ2v) is 9.59. The number of anilines is 2. The van der Waals surface area contributed by atoms with Crippen molar-refractivity contribution in [2.75, 3.05) is 22.8 Å². The lowest BCUT2D eigenvalue weighted by molar-refractivity contribution is -0.114. The molecule has 1 aliphatic heterocycles. The van der Waals surface area contributed by atoms with Gasteiger partial charge in [0.05, 0.1) is 22.9 Å². The number of ether oxygens (including phenoxy) is 2. The Hall–Kier alpha value is -3.52. The molecule has 0 radical (unpaired) electrons. The molecule has 33 heavy (non-hydrogen) atoms. The van der Waals surface area contributed by atoms with Crippen LogP contribution in [0, 0.1) is 0 Å². The zero-order valence-corrected chi connectivity index (χ0v) is 19.3. The summed E-state index contributed by atoms with van der Waals surface area (Å²) in [5, 5.41) is 2.81. The molecule has 1 heterocycles. The van der Waals surface area contributed by atoms with Crippen LogP contribution in [-0.2, 0) is 21.2 Å². The van der Waals surface area contributed by atoms with Gasteiger partial charge in [-0.25, -0.2) is 8.42 Å². The molecule has 0 bridgehead atoms. The van der Waals surface area contributed by atoms with Crippen LogP contribution in [0.2, 0.25) is 0 Å². The fraction of sp³-hybridized carbons (Fsp3) is 0.240. The average molecular weight is 467 g/mol. The van der Waals surface area contributed by atoms with Crippen LogP contribution in [0.25, 0.3) is 0 Å². The van der Waals surface area contributed by atoms with Gasteiger partial charge in [0.1, 0.15) is 24.1 Å². The maximum absolute atomic E-state index is 13.4. The van der Waals surface area contributed by atoms with Crippen LogP contribution in [0.3, 0.4) is 0 Å². The first-order chi connectivity index (χ1) is 15.9. The molecule has 1 N–H and O–H groups in total. The highest BCUT2D eigenvalue weighted by atomic mass is 32.2. The van der Waals surface area contributed by atoms with Crippen molar-refractivity contribution >= 4 is 27.3 Å². The number of nitrogens with one attached hydrogen (secondary N) is 1. The van der Waals surface area contributed by atoms with Gasteiger partial charge in [-0.3, -0.25) is 9.10 Å². The van der Waals surface area contributed by atoms with Gasteiger partial charge in [0.15, 0.2) is 0 Å². The standard InChI is InChI=1S/C25H26N2O5S/c1-3-31-24-15-19-14-18(2)32-23(19)16-22(24)26-25(28)17-27(20-10-6-4-7-11-20)33(29,30)21-12-8-5-9-13-21/h4-13,15-16,18H,3,14,17H2,1-2H3,(H,26,28)/t18-/m1/s1. The van der Waals surface area contributed by atoms with Crippen LogP contribution in [0.1, 0.15) is 19.4 Å². The predicted octanol–water partition coefficient (Wildman–Crippen LogP) is 4.24. The maximum atomic E-state index is 13.4. The Morgan fingerprint density at radius 3 is 2.42 bits per heavy atom. The van der Waals surface area contributed by atoms with E-state index in [9.17, 15) is 13.2 Å². The summed E-state index contributed by atoms with van der Waals surface area (Å²) in [7, 11) is -3.96. The van der Waals surface area contributed by atoms with Crippen molar-refractivity contribution in [3.8, 4) is 11.5 Å². The van der Waals surface area contributed by atoms with E-state index in [1.165, 1.54) is 12.1 Å². The van der Waals surface area contributed by atoms with E-state index in [-0.39, 0.29) is 11.0 Å². The van der Waals surface area contributed by atoms with Gasteiger partial charge >= 0.3 is 0 Å². The zero-order valence-electron chi connectivity index (χ0n) is 18.5. The fourth-order valence-corrected chi connectivity index (χ4v) is 5.20. The molecule has 0 aromatic heterocycles. The Labute approximate surface area is 194 Å². The Kier molecular flexibility index (Phi) is 6.55. The van der Waals surface area contributed by atoms with Crippen molar-refractivity contribution in [3.63, 3.8) is 0 Å². The van der Waals surface area contributed by atoms with Gasteiger partial charge < -0.3 is 14.8 Å². The van der Waals surface area contributed by atoms with Gasteiger partial charge in [0.2, 0.25) is 5.91 Å². The predicted molar refractivity (Wildman–Crippen MR) is 127 cm³/mol. The molecule has 7 nitrogen and oxygen atoms in total. The molecule has 1 amide bonds. The molecule has 3 aromatic rings. The first-order valence-electron chi connectivity index (χ1n) is 10.8. The first kappa shape index (κ1) is 22.7. The smallest absolute Gasteiger partial charge is 0.264 e. The van der Waals surface area contributed by atoms with Crippen molar-refractivity contribution in [3.05, 3.63) is 78.4 Å². The van der Waals surface area contributed by atoms with Gasteiger partial charge in [-0.1, -0.05) is 36.4 Å². The van der Waals surface area contributed by atoms with Gasteiger partial charge in [0.25, 0.3) is 10.0 Å². The van der Waals surface area contributed by atoms with E-state index in [1.54, 1.807) is 54.6 Å². The molecule has 172 valence electrons. The van der Waals surface area contributed by atoms with Crippen LogP contribution in [0.5, 0.6) is 11.5 Å². The number of carbonyl (C=O) groups excluding carboxylic acids is 1. The summed E-state index contributed by atoms with van der Waals surface area (Å²) in [6, 6.07) is 20.2. The highest BCUT2D eigenvalue weighted by molar-refractivity contribution is 7.92. The van der Waals surface area contributed by atoms with E-state index < -0.39 is 22.5 Å². The zero-order chi connectivity index (χ0) is 23.4. The Morgan fingerprint density at radius 2 is 1.76 bits per heavy atom. The van der Waals surface area contributed by atoms with Crippen LogP contribution in [0.4, 0.5) is 11.4 Å². The Balaban J connectivity index is 1.63. The van der Waals surface area contributed by atoms with Crippen LogP contribution >= 0.6 is 0 Å². The minimum absolute atomic E-state index is 0.0463. The number of carbonyl (C=O) groups is 1. The third kappa shape index (κ3) is 4.96. The molecular formula is C25H26N2O5S. The Bertz CT molecular complexity index is 1230. The number of benzene rings is 3. The molecule has 4 rings (SSSR count). The largest absolute Gasteiger partial charge is 0.492 e. The van der Waals surface area contributed by atoms with E-state index in [0.29, 0.717) is 29.5 Å². The van der Waals surface area contributed by atoms with E-state index in [1.807, 2.05) is 19.9 Å². The lowest BCUT2D eigenvalue weighted by Crippen LogP contribution is -2.38. The minimum Gasteiger partial charge on any atom is -0.492 e. The number of hydrogen-bond donors (Lipinski definition) is 1. The fourth-order valence-electron chi connectivity index (χ4n) is 3.76. The molecule has 0 fully saturated rings. The lowest BCUT2D eigenvalue weighted by Gasteiger charge is -2.24. The molecule has 0 saturated carbocycles. The number of amides is 1. The number of rotatable bonds is 8. The van der Waals surface area contributed by atoms with E-state index in [4.69, 9.17) is 9.47 Å². The van der Waals surface area contributed by atoms with Crippen molar-refractivity contribution in [2.45, 2.75) is 31.3 Å². The lowest BCUT2D eigenvalue weighted by atomic mass is 10.1. The number of para-hydroxylation sites is 1. The monoisotopic (exact) mass is 466 g/mol. The maximum Gasteiger partial charge on any atom is 0.264 e. The average Bonchev–Trinajstić information content (AvgIpc) is 3.17. The van der Waals surface area contributed by atoms with Gasteiger partial charge in [-0.05, 0) is 44.2 Å². The summed E-state index contributed by atoms with van der Waals surface area (Å²) >= 11 is 0. The number of hydrogen-bond acceptors (Lipinski definition) is 5. The van der Waals surface area contributed by atoms with Crippen LogP contribution < -0.4 is 19.1 Å². The van der Waals surface area contributed by atoms with Crippen LogP contribution in [0.15, 0.2) is 77.7 Å². The molecule has 0 unspecified atom stereocenters. The van der Waals surface area contributed by atoms with E-state index in [2.05, 4.69) is 5.32 Å². The molecular weight excluding hydrogens is 440 g/mol. The molecule has 3 aromatic carbocycles. The van der Waals surface area contributed by atoms with E-state index in [0.717, 1.165) is 16.3 Å². The third-order valence-corrected chi connectivity index (χ3v) is 7.02. The van der Waals surface area contributed by atoms with Crippen molar-refractivity contribution < 1.29 is 22.7 Å². The molecule has 1 aliphatic rings. The quantitative estimate of drug-likeness (QED) is 0.537. The first-order valence-corrected chi connectivity index (χ1v) is 12.2. The van der Waals surface area contributed by atoms with Crippen molar-refractivity contribution in [2.24, 2.45) is 0 Å². The molecule has 0 spiro atoms. The van der Waals surface area contributed by atoms with Gasteiger partial charge in [-0.2, -0.15) is 0 Å². The van der Waals surface area contributed by atoms with Gasteiger partial charge in [0, 0.05) is 18.1 Å². The summed E-state index contributed by atoms with van der Waals surface area (Å²) in [5.41, 5.74) is 1.86. The second kappa shape index (κ2) is 9.54. The summed E-state index contributed by atoms with van der Waals surface area (Å²) in [6.07, 6.45) is 0.811. The molecule has 1 atom stereocenters. The number of sulfonamides is 1. The molecule has 0 saturated heterocycles. The molecule has 8 heteroatoms. The van der Waals surface area contributed by atoms with E-state index >= 15 is 0 Å². The minimum atomic E-state index is -3.96. The SMILES string of the molecule is CCOc1cc2c(cc1NC(=O)CN(c1ccccc1)S(=O)(=O)c1ccccc1)O[C@H](C)C2. The topological polar surface area (TPSA) is 84.9 Å². The normalized spacial score (nSPS) is 14.8. The summed E-state index contributed by atoms with van der Waals surface area (Å²) < 4.78 is 39.4. The summed E-state index contributed by atoms with van der Waals surface area (Å²) in [6.45, 7) is 3.87. The number of fused-ring (bicyclic) bond motifs is 1. The highest BCUT2D eigenvalue weighted by Gasteiger charge is 2.28.